The van der Waals surface area contributed by atoms with Gasteiger partial charge >= 0.3 is 0 Å². The van der Waals surface area contributed by atoms with Crippen molar-refractivity contribution in [1.82, 2.24) is 0 Å². The van der Waals surface area contributed by atoms with Crippen LogP contribution in [0.3, 0.4) is 0 Å². The van der Waals surface area contributed by atoms with Gasteiger partial charge in [0.25, 0.3) is 11.8 Å². The lowest BCUT2D eigenvalue weighted by Gasteiger charge is -2.25. The molecule has 1 aliphatic rings. The van der Waals surface area contributed by atoms with Gasteiger partial charge in [-0.2, -0.15) is 0 Å². The quantitative estimate of drug-likeness (QED) is 0.448. The van der Waals surface area contributed by atoms with Crippen LogP contribution in [0.5, 0.6) is 0 Å². The van der Waals surface area contributed by atoms with Crippen molar-refractivity contribution >= 4 is 40.4 Å². The Morgan fingerprint density at radius 3 is 2.22 bits per heavy atom. The SMILES string of the molecule is CCN(C1=C(c2ccc(C)c(C)c2)C(=O)N(c2cccc(Cl)c2C)C1=O)c1ccccc1. The highest BCUT2D eigenvalue weighted by Gasteiger charge is 2.43. The third kappa shape index (κ3) is 3.61. The molecule has 2 amide bonds. The van der Waals surface area contributed by atoms with Gasteiger partial charge in [-0.15, -0.1) is 0 Å². The number of carbonyl (C=O) groups excluding carboxylic acids is 2. The number of hydrogen-bond donors (Lipinski definition) is 0. The van der Waals surface area contributed by atoms with E-state index >= 15 is 0 Å². The highest BCUT2D eigenvalue weighted by atomic mass is 35.5. The number of halogens is 1. The zero-order valence-corrected chi connectivity index (χ0v) is 19.4. The molecule has 162 valence electrons. The Kier molecular flexibility index (Phi) is 5.90. The molecule has 0 aromatic heterocycles. The molecule has 5 heteroatoms. The minimum absolute atomic E-state index is 0.340. The number of likely N-dealkylation sites (N-methyl/N-ethyl adjacent to an activating group) is 1. The molecule has 0 bridgehead atoms. The number of imide groups is 1. The summed E-state index contributed by atoms with van der Waals surface area (Å²) in [5.41, 5.74) is 5.78. The smallest absolute Gasteiger partial charge is 0.282 e. The largest absolute Gasteiger partial charge is 0.337 e. The molecule has 32 heavy (non-hydrogen) atoms. The first-order valence-electron chi connectivity index (χ1n) is 10.6. The summed E-state index contributed by atoms with van der Waals surface area (Å²) in [4.78, 5) is 30.8. The van der Waals surface area contributed by atoms with Crippen LogP contribution in [0.4, 0.5) is 11.4 Å². The molecule has 3 aromatic rings. The summed E-state index contributed by atoms with van der Waals surface area (Å²) in [6.45, 7) is 8.37. The lowest BCUT2D eigenvalue weighted by Crippen LogP contribution is -2.35. The van der Waals surface area contributed by atoms with Gasteiger partial charge in [0, 0.05) is 17.3 Å². The second kappa shape index (κ2) is 8.64. The molecule has 0 spiro atoms. The molecule has 0 radical (unpaired) electrons. The zero-order chi connectivity index (χ0) is 23.0. The minimum Gasteiger partial charge on any atom is -0.337 e. The zero-order valence-electron chi connectivity index (χ0n) is 18.6. The van der Waals surface area contributed by atoms with Gasteiger partial charge in [-0.25, -0.2) is 4.90 Å². The Morgan fingerprint density at radius 1 is 0.844 bits per heavy atom. The molecule has 0 unspecified atom stereocenters. The molecule has 0 N–H and O–H groups in total. The third-order valence-electron chi connectivity index (χ3n) is 5.99. The number of nitrogens with zero attached hydrogens (tertiary/aromatic N) is 2. The second-order valence-corrected chi connectivity index (χ2v) is 8.34. The summed E-state index contributed by atoms with van der Waals surface area (Å²) >= 11 is 6.33. The predicted octanol–water partition coefficient (Wildman–Crippen LogP) is 6.08. The van der Waals surface area contributed by atoms with Crippen LogP contribution < -0.4 is 9.80 Å². The summed E-state index contributed by atoms with van der Waals surface area (Å²) in [7, 11) is 0. The lowest BCUT2D eigenvalue weighted by molar-refractivity contribution is -0.120. The Bertz CT molecular complexity index is 1250. The maximum atomic E-state index is 13.9. The van der Waals surface area contributed by atoms with E-state index in [1.165, 1.54) is 4.90 Å². The van der Waals surface area contributed by atoms with Crippen molar-refractivity contribution in [3.8, 4) is 0 Å². The van der Waals surface area contributed by atoms with Crippen molar-refractivity contribution in [2.45, 2.75) is 27.7 Å². The summed E-state index contributed by atoms with van der Waals surface area (Å²) < 4.78 is 0. The first-order valence-corrected chi connectivity index (χ1v) is 11.0. The van der Waals surface area contributed by atoms with Gasteiger partial charge in [0.1, 0.15) is 5.70 Å². The number of anilines is 2. The van der Waals surface area contributed by atoms with Crippen LogP contribution in [0.2, 0.25) is 5.02 Å². The van der Waals surface area contributed by atoms with Gasteiger partial charge in [-0.3, -0.25) is 9.59 Å². The monoisotopic (exact) mass is 444 g/mol. The fourth-order valence-corrected chi connectivity index (χ4v) is 4.23. The number of amides is 2. The molecule has 0 atom stereocenters. The van der Waals surface area contributed by atoms with Crippen LogP contribution in [0.25, 0.3) is 5.57 Å². The molecule has 4 rings (SSSR count). The first-order chi connectivity index (χ1) is 15.3. The molecule has 0 fully saturated rings. The van der Waals surface area contributed by atoms with Crippen LogP contribution in [-0.2, 0) is 9.59 Å². The van der Waals surface area contributed by atoms with Crippen molar-refractivity contribution in [3.05, 3.63) is 99.7 Å². The van der Waals surface area contributed by atoms with Crippen LogP contribution in [0, 0.1) is 20.8 Å². The van der Waals surface area contributed by atoms with E-state index in [9.17, 15) is 9.59 Å². The Morgan fingerprint density at radius 2 is 1.56 bits per heavy atom. The van der Waals surface area contributed by atoms with Crippen LogP contribution in [-0.4, -0.2) is 18.4 Å². The Balaban J connectivity index is 1.96. The van der Waals surface area contributed by atoms with Crippen LogP contribution >= 0.6 is 11.6 Å². The number of carbonyl (C=O) groups is 2. The average Bonchev–Trinajstić information content (AvgIpc) is 3.04. The maximum Gasteiger partial charge on any atom is 0.282 e. The highest BCUT2D eigenvalue weighted by Crippen LogP contribution is 2.39. The standard InChI is InChI=1S/C27H25ClN2O2/c1-5-29(21-10-7-6-8-11-21)25-24(20-15-14-17(2)18(3)16-20)26(31)30(27(25)32)23-13-9-12-22(28)19(23)4/h6-16H,5H2,1-4H3. The van der Waals surface area contributed by atoms with E-state index in [4.69, 9.17) is 11.6 Å². The fraction of sp³-hybridized carbons (Fsp3) is 0.185. The Labute approximate surface area is 193 Å². The lowest BCUT2D eigenvalue weighted by atomic mass is 9.99. The molecule has 0 saturated carbocycles. The van der Waals surface area contributed by atoms with E-state index in [1.807, 2.05) is 81.1 Å². The van der Waals surface area contributed by atoms with Gasteiger partial charge in [0.15, 0.2) is 0 Å². The predicted molar refractivity (Wildman–Crippen MR) is 131 cm³/mol. The van der Waals surface area contributed by atoms with Crippen molar-refractivity contribution in [1.29, 1.82) is 0 Å². The number of aryl methyl sites for hydroxylation is 2. The first kappa shape index (κ1) is 21.8. The van der Waals surface area contributed by atoms with Crippen LogP contribution in [0.1, 0.15) is 29.2 Å². The van der Waals surface area contributed by atoms with E-state index in [1.54, 1.807) is 18.2 Å². The molecule has 3 aromatic carbocycles. The summed E-state index contributed by atoms with van der Waals surface area (Å²) in [6.07, 6.45) is 0. The van der Waals surface area contributed by atoms with Crippen molar-refractivity contribution < 1.29 is 9.59 Å². The molecular weight excluding hydrogens is 420 g/mol. The van der Waals surface area contributed by atoms with Crippen LogP contribution in [0.15, 0.2) is 72.4 Å². The molecule has 0 aliphatic carbocycles. The normalized spacial score (nSPS) is 13.8. The van der Waals surface area contributed by atoms with Crippen molar-refractivity contribution in [3.63, 3.8) is 0 Å². The number of hydrogen-bond acceptors (Lipinski definition) is 3. The van der Waals surface area contributed by atoms with Gasteiger partial charge in [-0.05, 0) is 74.2 Å². The fourth-order valence-electron chi connectivity index (χ4n) is 4.06. The van der Waals surface area contributed by atoms with Crippen molar-refractivity contribution in [2.24, 2.45) is 0 Å². The second-order valence-electron chi connectivity index (χ2n) is 7.93. The van der Waals surface area contributed by atoms with Crippen molar-refractivity contribution in [2.75, 3.05) is 16.3 Å². The average molecular weight is 445 g/mol. The van der Waals surface area contributed by atoms with Gasteiger partial charge in [0.05, 0.1) is 11.3 Å². The molecule has 0 saturated heterocycles. The molecule has 1 aliphatic heterocycles. The molecule has 1 heterocycles. The van der Waals surface area contributed by atoms with Gasteiger partial charge in [0.2, 0.25) is 0 Å². The number of rotatable bonds is 5. The maximum absolute atomic E-state index is 13.9. The minimum atomic E-state index is -0.348. The molecule has 4 nitrogen and oxygen atoms in total. The summed E-state index contributed by atoms with van der Waals surface area (Å²) in [5, 5.41) is 0.514. The summed E-state index contributed by atoms with van der Waals surface area (Å²) in [5.74, 6) is -0.688. The summed E-state index contributed by atoms with van der Waals surface area (Å²) in [6, 6.07) is 20.8. The van der Waals surface area contributed by atoms with E-state index in [0.29, 0.717) is 34.1 Å². The van der Waals surface area contributed by atoms with E-state index in [0.717, 1.165) is 22.4 Å². The highest BCUT2D eigenvalue weighted by molar-refractivity contribution is 6.46. The van der Waals surface area contributed by atoms with Gasteiger partial charge < -0.3 is 4.90 Å². The van der Waals surface area contributed by atoms with Gasteiger partial charge in [-0.1, -0.05) is 54.1 Å². The molecular formula is C27H25ClN2O2. The Hall–Kier alpha value is -3.37. The third-order valence-corrected chi connectivity index (χ3v) is 6.40. The number of para-hydroxylation sites is 1. The topological polar surface area (TPSA) is 40.6 Å². The van der Waals surface area contributed by atoms with E-state index < -0.39 is 0 Å². The van der Waals surface area contributed by atoms with E-state index in [2.05, 4.69) is 0 Å². The number of benzene rings is 3. The van der Waals surface area contributed by atoms with E-state index in [-0.39, 0.29) is 11.8 Å².